The highest BCUT2D eigenvalue weighted by Gasteiger charge is 2.35. The molecule has 1 aromatic rings. The first kappa shape index (κ1) is 12.2. The molecular weight excluding hydrogens is 194 g/mol. The molecule has 2 heteroatoms. The van der Waals surface area contributed by atoms with Gasteiger partial charge in [0.05, 0.1) is 0 Å². The zero-order valence-electron chi connectivity index (χ0n) is 9.72. The molecule has 0 aliphatic heterocycles. The van der Waals surface area contributed by atoms with Gasteiger partial charge in [-0.2, -0.15) is 0 Å². The lowest BCUT2D eigenvalue weighted by molar-refractivity contribution is -0.0514. The lowest BCUT2D eigenvalue weighted by atomic mass is 9.93. The first-order valence-corrected chi connectivity index (χ1v) is 5.34. The molecule has 0 aliphatic rings. The van der Waals surface area contributed by atoms with Gasteiger partial charge in [0.25, 0.3) is 5.92 Å². The average Bonchev–Trinajstić information content (AvgIpc) is 2.17. The Balaban J connectivity index is 3.10. The zero-order valence-corrected chi connectivity index (χ0v) is 9.72. The predicted octanol–water partition coefficient (Wildman–Crippen LogP) is 4.56. The van der Waals surface area contributed by atoms with E-state index in [1.54, 1.807) is 26.0 Å². The van der Waals surface area contributed by atoms with Gasteiger partial charge in [0.1, 0.15) is 0 Å². The molecule has 15 heavy (non-hydrogen) atoms. The van der Waals surface area contributed by atoms with E-state index < -0.39 is 11.8 Å². The molecule has 1 aromatic carbocycles. The summed E-state index contributed by atoms with van der Waals surface area (Å²) in [6.45, 7) is 7.10. The zero-order chi connectivity index (χ0) is 11.6. The Bertz CT molecular complexity index is 327. The second-order valence-corrected chi connectivity index (χ2v) is 4.56. The van der Waals surface area contributed by atoms with Crippen LogP contribution < -0.4 is 0 Å². The second kappa shape index (κ2) is 4.30. The van der Waals surface area contributed by atoms with Crippen molar-refractivity contribution in [3.05, 3.63) is 35.4 Å². The van der Waals surface area contributed by atoms with Crippen molar-refractivity contribution in [2.24, 2.45) is 5.92 Å². The normalized spacial score (nSPS) is 12.5. The van der Waals surface area contributed by atoms with E-state index in [1.807, 2.05) is 19.9 Å². The van der Waals surface area contributed by atoms with Crippen LogP contribution in [-0.4, -0.2) is 0 Å². The monoisotopic (exact) mass is 212 g/mol. The van der Waals surface area contributed by atoms with Gasteiger partial charge in [-0.25, -0.2) is 8.78 Å². The van der Waals surface area contributed by atoms with E-state index in [4.69, 9.17) is 0 Å². The smallest absolute Gasteiger partial charge is 0.201 e. The van der Waals surface area contributed by atoms with E-state index in [9.17, 15) is 8.78 Å². The van der Waals surface area contributed by atoms with E-state index in [-0.39, 0.29) is 11.5 Å². The van der Waals surface area contributed by atoms with Crippen LogP contribution in [0.2, 0.25) is 0 Å². The minimum absolute atomic E-state index is 0.128. The molecule has 0 aromatic heterocycles. The third-order valence-corrected chi connectivity index (χ3v) is 2.66. The Morgan fingerprint density at radius 1 is 1.07 bits per heavy atom. The number of hydrogen-bond donors (Lipinski definition) is 0. The molecule has 0 saturated carbocycles. The van der Waals surface area contributed by atoms with Gasteiger partial charge in [-0.1, -0.05) is 45.9 Å². The van der Waals surface area contributed by atoms with Crippen molar-refractivity contribution in [2.75, 3.05) is 0 Å². The number of alkyl halides is 2. The predicted molar refractivity (Wildman–Crippen MR) is 59.3 cm³/mol. The quantitative estimate of drug-likeness (QED) is 0.689. The van der Waals surface area contributed by atoms with Gasteiger partial charge in [0, 0.05) is 11.5 Å². The van der Waals surface area contributed by atoms with E-state index in [1.165, 1.54) is 6.07 Å². The third kappa shape index (κ3) is 2.55. The van der Waals surface area contributed by atoms with Crippen molar-refractivity contribution >= 4 is 0 Å². The molecule has 0 nitrogen and oxygen atoms in total. The van der Waals surface area contributed by atoms with Crippen LogP contribution in [0.15, 0.2) is 24.3 Å². The maximum absolute atomic E-state index is 13.7. The standard InChI is InChI=1S/C13H18F2/c1-9(2)11-6-5-7-12(8-11)13(14,15)10(3)4/h5-10H,1-4H3. The molecule has 1 rings (SSSR count). The van der Waals surface area contributed by atoms with Gasteiger partial charge < -0.3 is 0 Å². The minimum atomic E-state index is -2.73. The fourth-order valence-corrected chi connectivity index (χ4v) is 1.44. The number of rotatable bonds is 3. The second-order valence-electron chi connectivity index (χ2n) is 4.56. The summed E-state index contributed by atoms with van der Waals surface area (Å²) >= 11 is 0. The van der Waals surface area contributed by atoms with Crippen molar-refractivity contribution in [1.29, 1.82) is 0 Å². The van der Waals surface area contributed by atoms with Crippen molar-refractivity contribution in [3.63, 3.8) is 0 Å². The van der Waals surface area contributed by atoms with E-state index in [0.29, 0.717) is 0 Å². The van der Waals surface area contributed by atoms with Crippen LogP contribution in [0.1, 0.15) is 44.7 Å². The largest absolute Gasteiger partial charge is 0.275 e. The fourth-order valence-electron chi connectivity index (χ4n) is 1.44. The summed E-state index contributed by atoms with van der Waals surface area (Å²) in [6.07, 6.45) is 0. The van der Waals surface area contributed by atoms with Crippen LogP contribution in [0.3, 0.4) is 0 Å². The number of halogens is 2. The molecule has 0 amide bonds. The molecule has 0 unspecified atom stereocenters. The summed E-state index contributed by atoms with van der Waals surface area (Å²) in [5.74, 6) is -3.11. The van der Waals surface area contributed by atoms with Gasteiger partial charge in [-0.3, -0.25) is 0 Å². The average molecular weight is 212 g/mol. The van der Waals surface area contributed by atoms with Crippen LogP contribution in [0.5, 0.6) is 0 Å². The molecule has 0 saturated heterocycles. The lowest BCUT2D eigenvalue weighted by Gasteiger charge is -2.21. The summed E-state index contributed by atoms with van der Waals surface area (Å²) in [7, 11) is 0. The Labute approximate surface area is 90.3 Å². The summed E-state index contributed by atoms with van der Waals surface area (Å²) < 4.78 is 27.4. The van der Waals surface area contributed by atoms with Crippen molar-refractivity contribution < 1.29 is 8.78 Å². The van der Waals surface area contributed by atoms with E-state index in [0.717, 1.165) is 5.56 Å². The van der Waals surface area contributed by atoms with Crippen LogP contribution in [0, 0.1) is 5.92 Å². The minimum Gasteiger partial charge on any atom is -0.201 e. The van der Waals surface area contributed by atoms with Gasteiger partial charge >= 0.3 is 0 Å². The molecule has 0 heterocycles. The van der Waals surface area contributed by atoms with Crippen molar-refractivity contribution in [2.45, 2.75) is 39.5 Å². The molecule has 0 N–H and O–H groups in total. The van der Waals surface area contributed by atoms with E-state index >= 15 is 0 Å². The Kier molecular flexibility index (Phi) is 3.48. The molecule has 0 bridgehead atoms. The van der Waals surface area contributed by atoms with Crippen molar-refractivity contribution in [1.82, 2.24) is 0 Å². The number of hydrogen-bond acceptors (Lipinski definition) is 0. The first-order chi connectivity index (χ1) is 6.85. The summed E-state index contributed by atoms with van der Waals surface area (Å²) in [5.41, 5.74) is 1.09. The van der Waals surface area contributed by atoms with Crippen molar-refractivity contribution in [3.8, 4) is 0 Å². The maximum atomic E-state index is 13.7. The molecular formula is C13H18F2. The molecule has 0 radical (unpaired) electrons. The number of benzene rings is 1. The molecule has 0 spiro atoms. The first-order valence-electron chi connectivity index (χ1n) is 5.34. The molecule has 84 valence electrons. The van der Waals surface area contributed by atoms with Crippen LogP contribution in [-0.2, 0) is 5.92 Å². The third-order valence-electron chi connectivity index (χ3n) is 2.66. The molecule has 0 aliphatic carbocycles. The van der Waals surface area contributed by atoms with Gasteiger partial charge in [0.2, 0.25) is 0 Å². The molecule has 0 atom stereocenters. The van der Waals surface area contributed by atoms with E-state index in [2.05, 4.69) is 0 Å². The summed E-state index contributed by atoms with van der Waals surface area (Å²) in [5, 5.41) is 0. The highest BCUT2D eigenvalue weighted by molar-refractivity contribution is 5.29. The van der Waals surface area contributed by atoms with Crippen LogP contribution >= 0.6 is 0 Å². The topological polar surface area (TPSA) is 0 Å². The molecule has 0 fully saturated rings. The van der Waals surface area contributed by atoms with Gasteiger partial charge in [0.15, 0.2) is 0 Å². The maximum Gasteiger partial charge on any atom is 0.275 e. The highest BCUT2D eigenvalue weighted by atomic mass is 19.3. The SMILES string of the molecule is CC(C)c1cccc(C(F)(F)C(C)C)c1. The Morgan fingerprint density at radius 3 is 2.13 bits per heavy atom. The fraction of sp³-hybridized carbons (Fsp3) is 0.538. The highest BCUT2D eigenvalue weighted by Crippen LogP contribution is 2.36. The summed E-state index contributed by atoms with van der Waals surface area (Å²) in [4.78, 5) is 0. The van der Waals surface area contributed by atoms with Crippen LogP contribution in [0.25, 0.3) is 0 Å². The van der Waals surface area contributed by atoms with Gasteiger partial charge in [-0.15, -0.1) is 0 Å². The summed E-state index contributed by atoms with van der Waals surface area (Å²) in [6, 6.07) is 6.72. The van der Waals surface area contributed by atoms with Gasteiger partial charge in [-0.05, 0) is 17.5 Å². The lowest BCUT2D eigenvalue weighted by Crippen LogP contribution is -2.21. The Morgan fingerprint density at radius 2 is 1.67 bits per heavy atom. The van der Waals surface area contributed by atoms with Crippen LogP contribution in [0.4, 0.5) is 8.78 Å². The Hall–Kier alpha value is -0.920.